The maximum atomic E-state index is 11.3. The van der Waals surface area contributed by atoms with Gasteiger partial charge in [-0.2, -0.15) is 16.9 Å². The van der Waals surface area contributed by atoms with Gasteiger partial charge in [0.05, 0.1) is 11.3 Å². The van der Waals surface area contributed by atoms with E-state index >= 15 is 0 Å². The fraction of sp³-hybridized carbons (Fsp3) is 0.357. The molecule has 112 valence electrons. The number of aliphatic hydroxyl groups excluding tert-OH is 1. The predicted octanol–water partition coefficient (Wildman–Crippen LogP) is 2.06. The van der Waals surface area contributed by atoms with Crippen LogP contribution >= 0.6 is 11.8 Å². The first-order valence-corrected chi connectivity index (χ1v) is 7.87. The fourth-order valence-corrected chi connectivity index (χ4v) is 2.48. The monoisotopic (exact) mass is 307 g/mol. The van der Waals surface area contributed by atoms with E-state index in [2.05, 4.69) is 10.1 Å². The van der Waals surface area contributed by atoms with Crippen LogP contribution in [-0.4, -0.2) is 43.0 Å². The second kappa shape index (κ2) is 6.73. The third-order valence-electron chi connectivity index (χ3n) is 2.99. The first kappa shape index (κ1) is 15.5. The molecule has 0 aliphatic carbocycles. The van der Waals surface area contributed by atoms with E-state index in [1.165, 1.54) is 10.7 Å². The first-order chi connectivity index (χ1) is 10.0. The minimum absolute atomic E-state index is 0.126. The zero-order valence-electron chi connectivity index (χ0n) is 11.9. The van der Waals surface area contributed by atoms with E-state index in [0.29, 0.717) is 23.8 Å². The van der Waals surface area contributed by atoms with Crippen molar-refractivity contribution in [1.29, 1.82) is 0 Å². The van der Waals surface area contributed by atoms with Gasteiger partial charge in [0, 0.05) is 0 Å². The Labute approximate surface area is 126 Å². The Bertz CT molecular complexity index is 642. The zero-order chi connectivity index (χ0) is 15.4. The lowest BCUT2D eigenvalue weighted by Gasteiger charge is -2.12. The van der Waals surface area contributed by atoms with Crippen LogP contribution in [0.2, 0.25) is 0 Å². The van der Waals surface area contributed by atoms with Gasteiger partial charge in [-0.1, -0.05) is 12.1 Å². The summed E-state index contributed by atoms with van der Waals surface area (Å²) in [5.41, 5.74) is 0.532. The molecule has 1 aromatic carbocycles. The number of carboxylic acid groups (broad SMARTS) is 1. The molecule has 0 aliphatic heterocycles. The summed E-state index contributed by atoms with van der Waals surface area (Å²) in [4.78, 5) is 15.6. The zero-order valence-corrected chi connectivity index (χ0v) is 12.7. The van der Waals surface area contributed by atoms with Gasteiger partial charge in [-0.3, -0.25) is 0 Å². The molecule has 0 saturated heterocycles. The smallest absolute Gasteiger partial charge is 0.337 e. The van der Waals surface area contributed by atoms with Gasteiger partial charge in [0.15, 0.2) is 5.82 Å². The summed E-state index contributed by atoms with van der Waals surface area (Å²) < 4.78 is 1.42. The van der Waals surface area contributed by atoms with Crippen LogP contribution in [0.15, 0.2) is 24.3 Å². The molecular formula is C14H17N3O3S. The molecule has 7 heteroatoms. The van der Waals surface area contributed by atoms with Crippen molar-refractivity contribution in [3.63, 3.8) is 0 Å². The highest BCUT2D eigenvalue weighted by atomic mass is 32.2. The topological polar surface area (TPSA) is 88.2 Å². The van der Waals surface area contributed by atoms with Crippen molar-refractivity contribution in [2.75, 3.05) is 12.0 Å². The number of aromatic carboxylic acids is 1. The van der Waals surface area contributed by atoms with Gasteiger partial charge in [-0.25, -0.2) is 14.5 Å². The Balaban J connectivity index is 2.47. The largest absolute Gasteiger partial charge is 0.478 e. The molecule has 1 atom stereocenters. The lowest BCUT2D eigenvalue weighted by Crippen LogP contribution is -2.13. The second-order valence-corrected chi connectivity index (χ2v) is 5.53. The number of aryl methyl sites for hydroxylation is 1. The molecule has 0 radical (unpaired) electrons. The van der Waals surface area contributed by atoms with Gasteiger partial charge < -0.3 is 10.2 Å². The summed E-state index contributed by atoms with van der Waals surface area (Å²) >= 11 is 1.63. The van der Waals surface area contributed by atoms with E-state index in [4.69, 9.17) is 0 Å². The molecule has 0 amide bonds. The Kier molecular flexibility index (Phi) is 4.98. The van der Waals surface area contributed by atoms with Crippen LogP contribution in [0.5, 0.6) is 0 Å². The minimum Gasteiger partial charge on any atom is -0.478 e. The standard InChI is InChI=1S/C14H17N3O3S/c1-9-15-13(12(18)7-8-21-2)17(16-9)11-6-4-3-5-10(11)14(19)20/h3-6,12,18H,7-8H2,1-2H3,(H,19,20). The Morgan fingerprint density at radius 2 is 2.14 bits per heavy atom. The predicted molar refractivity (Wildman–Crippen MR) is 81.0 cm³/mol. The molecule has 1 heterocycles. The molecule has 0 bridgehead atoms. The number of aliphatic hydroxyl groups is 1. The van der Waals surface area contributed by atoms with Gasteiger partial charge in [0.2, 0.25) is 0 Å². The van der Waals surface area contributed by atoms with E-state index in [1.54, 1.807) is 36.9 Å². The number of hydrogen-bond donors (Lipinski definition) is 2. The van der Waals surface area contributed by atoms with Gasteiger partial charge in [0.25, 0.3) is 0 Å². The Morgan fingerprint density at radius 3 is 2.81 bits per heavy atom. The van der Waals surface area contributed by atoms with Crippen LogP contribution in [0, 0.1) is 6.92 Å². The van der Waals surface area contributed by atoms with Gasteiger partial charge in [-0.05, 0) is 37.5 Å². The van der Waals surface area contributed by atoms with E-state index in [1.807, 2.05) is 6.26 Å². The van der Waals surface area contributed by atoms with E-state index < -0.39 is 12.1 Å². The summed E-state index contributed by atoms with van der Waals surface area (Å²) in [6.45, 7) is 1.71. The van der Waals surface area contributed by atoms with E-state index in [-0.39, 0.29) is 5.56 Å². The summed E-state index contributed by atoms with van der Waals surface area (Å²) in [5, 5.41) is 23.8. The number of nitrogens with zero attached hydrogens (tertiary/aromatic N) is 3. The quantitative estimate of drug-likeness (QED) is 0.849. The van der Waals surface area contributed by atoms with Crippen LogP contribution in [0.4, 0.5) is 0 Å². The minimum atomic E-state index is -1.04. The molecule has 1 aromatic heterocycles. The Morgan fingerprint density at radius 1 is 1.43 bits per heavy atom. The average molecular weight is 307 g/mol. The molecule has 2 rings (SSSR count). The summed E-state index contributed by atoms with van der Waals surface area (Å²) in [6, 6.07) is 6.55. The van der Waals surface area contributed by atoms with Gasteiger partial charge in [0.1, 0.15) is 11.9 Å². The molecular weight excluding hydrogens is 290 g/mol. The lowest BCUT2D eigenvalue weighted by atomic mass is 10.1. The van der Waals surface area contributed by atoms with E-state index in [0.717, 1.165) is 5.75 Å². The number of carboxylic acids is 1. The third-order valence-corrected chi connectivity index (χ3v) is 3.64. The van der Waals surface area contributed by atoms with Gasteiger partial charge >= 0.3 is 5.97 Å². The highest BCUT2D eigenvalue weighted by Crippen LogP contribution is 2.22. The summed E-state index contributed by atoms with van der Waals surface area (Å²) in [6.07, 6.45) is 1.72. The van der Waals surface area contributed by atoms with Crippen molar-refractivity contribution in [3.05, 3.63) is 41.5 Å². The van der Waals surface area contributed by atoms with Gasteiger partial charge in [-0.15, -0.1) is 0 Å². The molecule has 6 nitrogen and oxygen atoms in total. The number of para-hydroxylation sites is 1. The Hall–Kier alpha value is -1.86. The van der Waals surface area contributed by atoms with Crippen molar-refractivity contribution in [1.82, 2.24) is 14.8 Å². The number of rotatable bonds is 6. The first-order valence-electron chi connectivity index (χ1n) is 6.48. The number of thioether (sulfide) groups is 1. The van der Waals surface area contributed by atoms with Crippen molar-refractivity contribution >= 4 is 17.7 Å². The highest BCUT2D eigenvalue weighted by molar-refractivity contribution is 7.98. The van der Waals surface area contributed by atoms with Crippen molar-refractivity contribution in [3.8, 4) is 5.69 Å². The number of benzene rings is 1. The number of aromatic nitrogens is 3. The van der Waals surface area contributed by atoms with Crippen LogP contribution in [-0.2, 0) is 0 Å². The molecule has 0 saturated carbocycles. The normalized spacial score (nSPS) is 12.3. The lowest BCUT2D eigenvalue weighted by molar-refractivity contribution is 0.0696. The molecule has 0 fully saturated rings. The van der Waals surface area contributed by atoms with Crippen LogP contribution in [0.3, 0.4) is 0 Å². The van der Waals surface area contributed by atoms with Crippen molar-refractivity contribution in [2.45, 2.75) is 19.4 Å². The van der Waals surface area contributed by atoms with E-state index in [9.17, 15) is 15.0 Å². The van der Waals surface area contributed by atoms with Crippen molar-refractivity contribution < 1.29 is 15.0 Å². The molecule has 0 spiro atoms. The third kappa shape index (κ3) is 3.43. The maximum absolute atomic E-state index is 11.3. The SMILES string of the molecule is CSCCC(O)c1nc(C)nn1-c1ccccc1C(=O)O. The molecule has 1 unspecified atom stereocenters. The van der Waals surface area contributed by atoms with Crippen molar-refractivity contribution in [2.24, 2.45) is 0 Å². The molecule has 2 aromatic rings. The number of hydrogen-bond acceptors (Lipinski definition) is 5. The van der Waals surface area contributed by atoms with Crippen LogP contribution < -0.4 is 0 Å². The second-order valence-electron chi connectivity index (χ2n) is 4.55. The molecule has 0 aliphatic rings. The average Bonchev–Trinajstić information content (AvgIpc) is 2.86. The maximum Gasteiger partial charge on any atom is 0.337 e. The number of carbonyl (C=O) groups is 1. The van der Waals surface area contributed by atoms with Crippen LogP contribution in [0.1, 0.15) is 34.5 Å². The molecule has 2 N–H and O–H groups in total. The highest BCUT2D eigenvalue weighted by Gasteiger charge is 2.21. The molecule has 21 heavy (non-hydrogen) atoms. The fourth-order valence-electron chi connectivity index (χ4n) is 2.02. The summed E-state index contributed by atoms with van der Waals surface area (Å²) in [7, 11) is 0. The van der Waals surface area contributed by atoms with Crippen LogP contribution in [0.25, 0.3) is 5.69 Å². The summed E-state index contributed by atoms with van der Waals surface area (Å²) in [5.74, 6) is 0.611.